The van der Waals surface area contributed by atoms with Crippen LogP contribution in [0.4, 0.5) is 0 Å². The van der Waals surface area contributed by atoms with E-state index in [-0.39, 0.29) is 6.04 Å². The molecule has 0 aromatic heterocycles. The Balaban J connectivity index is 2.31. The van der Waals surface area contributed by atoms with E-state index in [9.17, 15) is 8.42 Å². The van der Waals surface area contributed by atoms with Gasteiger partial charge in [0.05, 0.1) is 4.90 Å². The maximum Gasteiger partial charge on any atom is 0.240 e. The Labute approximate surface area is 101 Å². The van der Waals surface area contributed by atoms with Gasteiger partial charge in [-0.15, -0.1) is 11.6 Å². The van der Waals surface area contributed by atoms with Gasteiger partial charge in [-0.25, -0.2) is 13.1 Å². The van der Waals surface area contributed by atoms with Crippen LogP contribution >= 0.6 is 11.6 Å². The van der Waals surface area contributed by atoms with Crippen LogP contribution in [-0.4, -0.2) is 14.5 Å². The lowest BCUT2D eigenvalue weighted by Gasteiger charge is -2.08. The van der Waals surface area contributed by atoms with Crippen LogP contribution in [0.1, 0.15) is 24.0 Å². The molecule has 0 heterocycles. The predicted molar refractivity (Wildman–Crippen MR) is 64.1 cm³/mol. The van der Waals surface area contributed by atoms with Gasteiger partial charge in [0.15, 0.2) is 0 Å². The average molecular weight is 260 g/mol. The highest BCUT2D eigenvalue weighted by molar-refractivity contribution is 7.89. The summed E-state index contributed by atoms with van der Waals surface area (Å²) in [6, 6.07) is 5.19. The molecule has 5 heteroatoms. The second-order valence-corrected chi connectivity index (χ2v) is 6.10. The van der Waals surface area contributed by atoms with Gasteiger partial charge in [0.1, 0.15) is 0 Å². The number of rotatable bonds is 4. The number of sulfonamides is 1. The molecule has 0 atom stereocenters. The summed E-state index contributed by atoms with van der Waals surface area (Å²) >= 11 is 5.76. The molecule has 88 valence electrons. The molecular weight excluding hydrogens is 246 g/mol. The first-order valence-electron chi connectivity index (χ1n) is 5.21. The molecule has 1 aliphatic rings. The van der Waals surface area contributed by atoms with Crippen LogP contribution < -0.4 is 4.72 Å². The van der Waals surface area contributed by atoms with Crippen molar-refractivity contribution in [2.75, 3.05) is 0 Å². The van der Waals surface area contributed by atoms with Crippen LogP contribution in [0.25, 0.3) is 0 Å². The lowest BCUT2D eigenvalue weighted by atomic mass is 10.1. The molecule has 16 heavy (non-hydrogen) atoms. The molecule has 2 rings (SSSR count). The van der Waals surface area contributed by atoms with Crippen LogP contribution in [0.2, 0.25) is 0 Å². The number of nitrogens with one attached hydrogen (secondary N) is 1. The Kier molecular flexibility index (Phi) is 3.24. The van der Waals surface area contributed by atoms with Crippen molar-refractivity contribution in [3.05, 3.63) is 29.3 Å². The summed E-state index contributed by atoms with van der Waals surface area (Å²) < 4.78 is 26.5. The van der Waals surface area contributed by atoms with Crippen molar-refractivity contribution in [2.45, 2.75) is 36.6 Å². The second-order valence-electron chi connectivity index (χ2n) is 4.12. The first-order chi connectivity index (χ1) is 7.53. The average Bonchev–Trinajstić information content (AvgIpc) is 3.01. The van der Waals surface area contributed by atoms with Crippen LogP contribution in [0.5, 0.6) is 0 Å². The Hall–Kier alpha value is -0.580. The number of hydrogen-bond acceptors (Lipinski definition) is 2. The Morgan fingerprint density at radius 3 is 2.69 bits per heavy atom. The maximum atomic E-state index is 11.9. The lowest BCUT2D eigenvalue weighted by Crippen LogP contribution is -2.25. The molecule has 0 amide bonds. The van der Waals surface area contributed by atoms with E-state index in [1.54, 1.807) is 18.2 Å². The number of benzene rings is 1. The monoisotopic (exact) mass is 259 g/mol. The largest absolute Gasteiger partial charge is 0.240 e. The second kappa shape index (κ2) is 4.35. The van der Waals surface area contributed by atoms with E-state index in [0.29, 0.717) is 10.8 Å². The van der Waals surface area contributed by atoms with Crippen molar-refractivity contribution in [1.29, 1.82) is 0 Å². The highest BCUT2D eigenvalue weighted by Crippen LogP contribution is 2.23. The topological polar surface area (TPSA) is 46.2 Å². The standard InChI is InChI=1S/C11H14ClNO2S/c1-8-2-5-11(6-9(8)7-12)16(14,15)13-10-3-4-10/h2,5-6,10,13H,3-4,7H2,1H3. The van der Waals surface area contributed by atoms with Crippen molar-refractivity contribution in [1.82, 2.24) is 4.72 Å². The van der Waals surface area contributed by atoms with Gasteiger partial charge in [-0.05, 0) is 43.0 Å². The highest BCUT2D eigenvalue weighted by Gasteiger charge is 2.28. The smallest absolute Gasteiger partial charge is 0.208 e. The van der Waals surface area contributed by atoms with E-state index in [1.807, 2.05) is 6.92 Å². The predicted octanol–water partition coefficient (Wildman–Crippen LogP) is 2.17. The first-order valence-corrected chi connectivity index (χ1v) is 7.22. The van der Waals surface area contributed by atoms with Gasteiger partial charge in [0, 0.05) is 11.9 Å². The normalized spacial score (nSPS) is 16.4. The summed E-state index contributed by atoms with van der Waals surface area (Å²) in [5, 5.41) is 0. The fourth-order valence-corrected chi connectivity index (χ4v) is 3.09. The van der Waals surface area contributed by atoms with Gasteiger partial charge >= 0.3 is 0 Å². The highest BCUT2D eigenvalue weighted by atomic mass is 35.5. The van der Waals surface area contributed by atoms with Crippen molar-refractivity contribution in [3.63, 3.8) is 0 Å². The Bertz CT molecular complexity index is 495. The molecule has 0 radical (unpaired) electrons. The molecular formula is C11H14ClNO2S. The summed E-state index contributed by atoms with van der Waals surface area (Å²) in [7, 11) is -3.36. The molecule has 1 saturated carbocycles. The van der Waals surface area contributed by atoms with Gasteiger partial charge in [-0.2, -0.15) is 0 Å². The zero-order chi connectivity index (χ0) is 11.8. The minimum Gasteiger partial charge on any atom is -0.208 e. The fraction of sp³-hybridized carbons (Fsp3) is 0.455. The fourth-order valence-electron chi connectivity index (χ4n) is 1.45. The van der Waals surface area contributed by atoms with Crippen LogP contribution in [0, 0.1) is 6.92 Å². The van der Waals surface area contributed by atoms with Gasteiger partial charge in [-0.1, -0.05) is 6.07 Å². The van der Waals surface area contributed by atoms with Crippen molar-refractivity contribution in [2.24, 2.45) is 0 Å². The molecule has 0 saturated heterocycles. The van der Waals surface area contributed by atoms with E-state index in [4.69, 9.17) is 11.6 Å². The van der Waals surface area contributed by atoms with Crippen molar-refractivity contribution >= 4 is 21.6 Å². The van der Waals surface area contributed by atoms with Crippen molar-refractivity contribution in [3.8, 4) is 0 Å². The summed E-state index contributed by atoms with van der Waals surface area (Å²) in [4.78, 5) is 0.306. The number of aryl methyl sites for hydroxylation is 1. The minimum absolute atomic E-state index is 0.130. The molecule has 0 aliphatic heterocycles. The third kappa shape index (κ3) is 2.56. The third-order valence-electron chi connectivity index (χ3n) is 2.67. The van der Waals surface area contributed by atoms with E-state index >= 15 is 0 Å². The van der Waals surface area contributed by atoms with E-state index in [2.05, 4.69) is 4.72 Å². The molecule has 1 N–H and O–H groups in total. The lowest BCUT2D eigenvalue weighted by molar-refractivity contribution is 0.581. The zero-order valence-corrected chi connectivity index (χ0v) is 10.6. The SMILES string of the molecule is Cc1ccc(S(=O)(=O)NC2CC2)cc1CCl. The molecule has 1 fully saturated rings. The summed E-state index contributed by atoms with van der Waals surface area (Å²) in [5.74, 6) is 0.332. The maximum absolute atomic E-state index is 11.9. The van der Waals surface area contributed by atoms with E-state index in [0.717, 1.165) is 24.0 Å². The summed E-state index contributed by atoms with van der Waals surface area (Å²) in [5.41, 5.74) is 1.88. The Morgan fingerprint density at radius 1 is 1.44 bits per heavy atom. The molecule has 0 bridgehead atoms. The zero-order valence-electron chi connectivity index (χ0n) is 9.03. The first kappa shape index (κ1) is 11.9. The quantitative estimate of drug-likeness (QED) is 0.843. The number of halogens is 1. The molecule has 0 spiro atoms. The summed E-state index contributed by atoms with van der Waals surface area (Å²) in [6.45, 7) is 1.92. The number of hydrogen-bond donors (Lipinski definition) is 1. The van der Waals surface area contributed by atoms with E-state index in [1.165, 1.54) is 0 Å². The van der Waals surface area contributed by atoms with Crippen LogP contribution in [-0.2, 0) is 15.9 Å². The van der Waals surface area contributed by atoms with Crippen molar-refractivity contribution < 1.29 is 8.42 Å². The van der Waals surface area contributed by atoms with Gasteiger partial charge < -0.3 is 0 Å². The molecule has 3 nitrogen and oxygen atoms in total. The molecule has 1 aliphatic carbocycles. The molecule has 0 unspecified atom stereocenters. The molecule has 1 aromatic rings. The van der Waals surface area contributed by atoms with Gasteiger partial charge in [0.25, 0.3) is 0 Å². The summed E-state index contributed by atoms with van der Waals surface area (Å²) in [6.07, 6.45) is 1.88. The minimum atomic E-state index is -3.36. The molecule has 1 aromatic carbocycles. The Morgan fingerprint density at radius 2 is 2.12 bits per heavy atom. The van der Waals surface area contributed by atoms with Crippen LogP contribution in [0.3, 0.4) is 0 Å². The number of alkyl halides is 1. The van der Waals surface area contributed by atoms with Gasteiger partial charge in [-0.3, -0.25) is 0 Å². The van der Waals surface area contributed by atoms with E-state index < -0.39 is 10.0 Å². The van der Waals surface area contributed by atoms with Gasteiger partial charge in [0.2, 0.25) is 10.0 Å². The third-order valence-corrected chi connectivity index (χ3v) is 4.48. The van der Waals surface area contributed by atoms with Crippen LogP contribution in [0.15, 0.2) is 23.1 Å².